The monoisotopic (exact) mass is 298 g/mol. The number of rotatable bonds is 2. The molecule has 0 aliphatic heterocycles. The standard InChI is InChI=1S/C8H6BrF3N2O2/c9-3-1-4(13)6(7(14)15)5(2-3)16-8(10,11)12/h1-2H,13H2,(H2,14,15). The van der Waals surface area contributed by atoms with Crippen molar-refractivity contribution in [2.75, 3.05) is 5.73 Å². The van der Waals surface area contributed by atoms with Gasteiger partial charge in [-0.3, -0.25) is 4.79 Å². The molecule has 0 bridgehead atoms. The largest absolute Gasteiger partial charge is 0.573 e. The van der Waals surface area contributed by atoms with Crippen LogP contribution in [0.25, 0.3) is 0 Å². The summed E-state index contributed by atoms with van der Waals surface area (Å²) in [6, 6.07) is 2.22. The Labute approximate surface area is 96.5 Å². The van der Waals surface area contributed by atoms with Gasteiger partial charge in [-0.25, -0.2) is 0 Å². The molecule has 4 N–H and O–H groups in total. The van der Waals surface area contributed by atoms with Crippen molar-refractivity contribution in [2.24, 2.45) is 5.73 Å². The Bertz CT molecular complexity index is 434. The highest BCUT2D eigenvalue weighted by atomic mass is 79.9. The van der Waals surface area contributed by atoms with E-state index in [-0.39, 0.29) is 10.2 Å². The Hall–Kier alpha value is -1.44. The summed E-state index contributed by atoms with van der Waals surface area (Å²) >= 11 is 2.92. The number of hydrogen-bond donors (Lipinski definition) is 2. The van der Waals surface area contributed by atoms with Crippen LogP contribution in [0.3, 0.4) is 0 Å². The van der Waals surface area contributed by atoms with Crippen molar-refractivity contribution >= 4 is 27.5 Å². The van der Waals surface area contributed by atoms with Crippen LogP contribution < -0.4 is 16.2 Å². The number of carbonyl (C=O) groups excluding carboxylic acids is 1. The van der Waals surface area contributed by atoms with Crippen molar-refractivity contribution < 1.29 is 22.7 Å². The average molecular weight is 299 g/mol. The number of anilines is 1. The minimum absolute atomic E-state index is 0.193. The third kappa shape index (κ3) is 3.02. The van der Waals surface area contributed by atoms with E-state index in [1.165, 1.54) is 6.07 Å². The van der Waals surface area contributed by atoms with Gasteiger partial charge in [-0.15, -0.1) is 13.2 Å². The summed E-state index contributed by atoms with van der Waals surface area (Å²) in [5, 5.41) is 0. The van der Waals surface area contributed by atoms with Gasteiger partial charge in [0.2, 0.25) is 0 Å². The van der Waals surface area contributed by atoms with Crippen LogP contribution in [-0.4, -0.2) is 12.3 Å². The summed E-state index contributed by atoms with van der Waals surface area (Å²) in [5.74, 6) is -1.82. The Kier molecular flexibility index (Phi) is 3.32. The van der Waals surface area contributed by atoms with Crippen LogP contribution in [-0.2, 0) is 0 Å². The number of ether oxygens (including phenoxy) is 1. The Morgan fingerprint density at radius 3 is 2.38 bits per heavy atom. The van der Waals surface area contributed by atoms with Gasteiger partial charge in [-0.2, -0.15) is 0 Å². The normalized spacial score (nSPS) is 11.2. The SMILES string of the molecule is NC(=O)c1c(N)cc(Br)cc1OC(F)(F)F. The number of benzene rings is 1. The molecule has 0 saturated carbocycles. The van der Waals surface area contributed by atoms with Gasteiger partial charge in [0.1, 0.15) is 11.3 Å². The molecule has 88 valence electrons. The van der Waals surface area contributed by atoms with E-state index < -0.39 is 23.6 Å². The number of hydrogen-bond acceptors (Lipinski definition) is 3. The second-order valence-electron chi connectivity index (χ2n) is 2.78. The molecule has 1 aromatic carbocycles. The van der Waals surface area contributed by atoms with Crippen LogP contribution >= 0.6 is 15.9 Å². The lowest BCUT2D eigenvalue weighted by atomic mass is 10.1. The molecule has 4 nitrogen and oxygen atoms in total. The topological polar surface area (TPSA) is 78.3 Å². The Morgan fingerprint density at radius 2 is 1.94 bits per heavy atom. The Morgan fingerprint density at radius 1 is 1.38 bits per heavy atom. The average Bonchev–Trinajstić information content (AvgIpc) is 1.96. The molecule has 1 rings (SSSR count). The molecule has 0 unspecified atom stereocenters. The summed E-state index contributed by atoms with van der Waals surface area (Å²) in [6.07, 6.45) is -4.92. The first-order valence-corrected chi connectivity index (χ1v) is 4.64. The molecule has 0 aliphatic rings. The number of nitrogens with two attached hydrogens (primary N) is 2. The molecule has 0 aliphatic carbocycles. The van der Waals surface area contributed by atoms with E-state index in [2.05, 4.69) is 20.7 Å². The zero-order chi connectivity index (χ0) is 12.5. The first kappa shape index (κ1) is 12.6. The van der Waals surface area contributed by atoms with E-state index >= 15 is 0 Å². The van der Waals surface area contributed by atoms with Gasteiger partial charge < -0.3 is 16.2 Å². The highest BCUT2D eigenvalue weighted by molar-refractivity contribution is 9.10. The first-order chi connectivity index (χ1) is 7.20. The van der Waals surface area contributed by atoms with Crippen LogP contribution in [0.15, 0.2) is 16.6 Å². The highest BCUT2D eigenvalue weighted by Gasteiger charge is 2.33. The third-order valence-electron chi connectivity index (χ3n) is 1.57. The molecular weight excluding hydrogens is 293 g/mol. The lowest BCUT2D eigenvalue weighted by Gasteiger charge is -2.13. The maximum absolute atomic E-state index is 12.0. The zero-order valence-electron chi connectivity index (χ0n) is 7.64. The van der Waals surface area contributed by atoms with Crippen LogP contribution in [0.2, 0.25) is 0 Å². The number of nitrogen functional groups attached to an aromatic ring is 1. The van der Waals surface area contributed by atoms with Gasteiger partial charge in [0.15, 0.2) is 0 Å². The van der Waals surface area contributed by atoms with Crippen molar-refractivity contribution in [3.8, 4) is 5.75 Å². The van der Waals surface area contributed by atoms with Crippen molar-refractivity contribution in [3.63, 3.8) is 0 Å². The van der Waals surface area contributed by atoms with E-state index in [1.807, 2.05) is 0 Å². The van der Waals surface area contributed by atoms with Gasteiger partial charge in [0, 0.05) is 10.2 Å². The second kappa shape index (κ2) is 4.20. The van der Waals surface area contributed by atoms with E-state index in [1.54, 1.807) is 0 Å². The van der Waals surface area contributed by atoms with Crippen molar-refractivity contribution in [2.45, 2.75) is 6.36 Å². The molecule has 0 heterocycles. The molecule has 0 aromatic heterocycles. The quantitative estimate of drug-likeness (QED) is 0.820. The predicted molar refractivity (Wildman–Crippen MR) is 53.8 cm³/mol. The number of alkyl halides is 3. The van der Waals surface area contributed by atoms with Crippen LogP contribution in [0, 0.1) is 0 Å². The fourth-order valence-electron chi connectivity index (χ4n) is 1.07. The van der Waals surface area contributed by atoms with Crippen molar-refractivity contribution in [3.05, 3.63) is 22.2 Å². The van der Waals surface area contributed by atoms with Gasteiger partial charge in [-0.1, -0.05) is 15.9 Å². The fraction of sp³-hybridized carbons (Fsp3) is 0.125. The smallest absolute Gasteiger partial charge is 0.405 e. The molecular formula is C8H6BrF3N2O2. The predicted octanol–water partition coefficient (Wildman–Crippen LogP) is 2.03. The fourth-order valence-corrected chi connectivity index (χ4v) is 1.53. The summed E-state index contributed by atoms with van der Waals surface area (Å²) in [7, 11) is 0. The highest BCUT2D eigenvalue weighted by Crippen LogP contribution is 2.32. The van der Waals surface area contributed by atoms with E-state index in [0.29, 0.717) is 0 Å². The maximum atomic E-state index is 12.0. The van der Waals surface area contributed by atoms with E-state index in [9.17, 15) is 18.0 Å². The minimum atomic E-state index is -4.92. The molecule has 16 heavy (non-hydrogen) atoms. The molecule has 0 radical (unpaired) electrons. The van der Waals surface area contributed by atoms with Gasteiger partial charge in [0.25, 0.3) is 5.91 Å². The Balaban J connectivity index is 3.30. The molecule has 0 atom stereocenters. The lowest BCUT2D eigenvalue weighted by molar-refractivity contribution is -0.274. The van der Waals surface area contributed by atoms with E-state index in [0.717, 1.165) is 6.07 Å². The van der Waals surface area contributed by atoms with Gasteiger partial charge in [-0.05, 0) is 12.1 Å². The summed E-state index contributed by atoms with van der Waals surface area (Å²) in [5.41, 5.74) is 9.57. The first-order valence-electron chi connectivity index (χ1n) is 3.85. The lowest BCUT2D eigenvalue weighted by Crippen LogP contribution is -2.22. The summed E-state index contributed by atoms with van der Waals surface area (Å²) < 4.78 is 39.9. The minimum Gasteiger partial charge on any atom is -0.405 e. The second-order valence-corrected chi connectivity index (χ2v) is 3.70. The molecule has 1 amide bonds. The van der Waals surface area contributed by atoms with Crippen LogP contribution in [0.5, 0.6) is 5.75 Å². The molecule has 8 heteroatoms. The number of halogens is 4. The third-order valence-corrected chi connectivity index (χ3v) is 2.03. The van der Waals surface area contributed by atoms with Crippen LogP contribution in [0.4, 0.5) is 18.9 Å². The summed E-state index contributed by atoms with van der Waals surface area (Å²) in [4.78, 5) is 10.9. The zero-order valence-corrected chi connectivity index (χ0v) is 9.22. The van der Waals surface area contributed by atoms with Crippen molar-refractivity contribution in [1.29, 1.82) is 0 Å². The van der Waals surface area contributed by atoms with Crippen molar-refractivity contribution in [1.82, 2.24) is 0 Å². The number of amides is 1. The van der Waals surface area contributed by atoms with Crippen LogP contribution in [0.1, 0.15) is 10.4 Å². The number of primary amides is 1. The summed E-state index contributed by atoms with van der Waals surface area (Å²) in [6.45, 7) is 0. The van der Waals surface area contributed by atoms with E-state index in [4.69, 9.17) is 11.5 Å². The molecule has 1 aromatic rings. The molecule has 0 fully saturated rings. The maximum Gasteiger partial charge on any atom is 0.573 e. The number of carbonyl (C=O) groups is 1. The molecule has 0 saturated heterocycles. The van der Waals surface area contributed by atoms with Gasteiger partial charge >= 0.3 is 6.36 Å². The van der Waals surface area contributed by atoms with Gasteiger partial charge in [0.05, 0.1) is 0 Å². The molecule has 0 spiro atoms.